The highest BCUT2D eigenvalue weighted by molar-refractivity contribution is 5.87. The van der Waals surface area contributed by atoms with E-state index in [1.807, 2.05) is 61.5 Å². The largest absolute Gasteiger partial charge is 0.361 e. The van der Waals surface area contributed by atoms with Gasteiger partial charge in [-0.2, -0.15) is 0 Å². The lowest BCUT2D eigenvalue weighted by Crippen LogP contribution is -2.61. The van der Waals surface area contributed by atoms with Crippen LogP contribution >= 0.6 is 0 Å². The first-order valence-corrected chi connectivity index (χ1v) is 11.2. The molecule has 4 rings (SSSR count). The SMILES string of the molecule is CNC(=O)[C@@]1(Cc2cccc(-c3ccncc3)c2)CN(C(=O)Cc2cccc(C)c2)CCO1. The van der Waals surface area contributed by atoms with Crippen molar-refractivity contribution in [3.05, 3.63) is 89.7 Å². The fourth-order valence-corrected chi connectivity index (χ4v) is 4.39. The lowest BCUT2D eigenvalue weighted by atomic mass is 9.89. The van der Waals surface area contributed by atoms with Gasteiger partial charge in [-0.1, -0.05) is 54.1 Å². The van der Waals surface area contributed by atoms with Gasteiger partial charge < -0.3 is 15.0 Å². The number of hydrogen-bond donors (Lipinski definition) is 1. The summed E-state index contributed by atoms with van der Waals surface area (Å²) in [5, 5.41) is 2.75. The van der Waals surface area contributed by atoms with E-state index in [-0.39, 0.29) is 18.4 Å². The molecule has 170 valence electrons. The number of nitrogens with one attached hydrogen (secondary N) is 1. The minimum atomic E-state index is -1.13. The van der Waals surface area contributed by atoms with Crippen molar-refractivity contribution < 1.29 is 14.3 Å². The van der Waals surface area contributed by atoms with Gasteiger partial charge in [-0.15, -0.1) is 0 Å². The number of rotatable bonds is 6. The van der Waals surface area contributed by atoms with Crippen LogP contribution in [0.5, 0.6) is 0 Å². The summed E-state index contributed by atoms with van der Waals surface area (Å²) in [4.78, 5) is 32.0. The predicted molar refractivity (Wildman–Crippen MR) is 128 cm³/mol. The van der Waals surface area contributed by atoms with Crippen LogP contribution in [0, 0.1) is 6.92 Å². The van der Waals surface area contributed by atoms with Crippen LogP contribution in [0.2, 0.25) is 0 Å². The normalized spacial score (nSPS) is 18.1. The van der Waals surface area contributed by atoms with Gasteiger partial charge >= 0.3 is 0 Å². The highest BCUT2D eigenvalue weighted by atomic mass is 16.5. The molecular formula is C27H29N3O3. The number of carbonyl (C=O) groups is 2. The quantitative estimate of drug-likeness (QED) is 0.635. The third-order valence-corrected chi connectivity index (χ3v) is 6.05. The summed E-state index contributed by atoms with van der Waals surface area (Å²) in [6.45, 7) is 3.02. The lowest BCUT2D eigenvalue weighted by molar-refractivity contribution is -0.165. The highest BCUT2D eigenvalue weighted by Gasteiger charge is 2.44. The molecule has 1 N–H and O–H groups in total. The van der Waals surface area contributed by atoms with E-state index in [1.54, 1.807) is 24.3 Å². The average Bonchev–Trinajstić information content (AvgIpc) is 2.84. The number of benzene rings is 2. The molecule has 1 aliphatic rings. The Morgan fingerprint density at radius 3 is 2.55 bits per heavy atom. The van der Waals surface area contributed by atoms with E-state index in [1.165, 1.54) is 0 Å². The van der Waals surface area contributed by atoms with E-state index >= 15 is 0 Å². The first-order chi connectivity index (χ1) is 16.0. The maximum absolute atomic E-state index is 13.1. The van der Waals surface area contributed by atoms with Crippen molar-refractivity contribution in [3.8, 4) is 11.1 Å². The Hall–Kier alpha value is -3.51. The lowest BCUT2D eigenvalue weighted by Gasteiger charge is -2.41. The molecule has 0 bridgehead atoms. The van der Waals surface area contributed by atoms with E-state index in [0.29, 0.717) is 26.0 Å². The molecule has 0 spiro atoms. The number of nitrogens with zero attached hydrogens (tertiary/aromatic N) is 2. The Balaban J connectivity index is 1.56. The van der Waals surface area contributed by atoms with Gasteiger partial charge in [-0.3, -0.25) is 14.6 Å². The van der Waals surface area contributed by atoms with Crippen LogP contribution in [0.3, 0.4) is 0 Å². The van der Waals surface area contributed by atoms with E-state index < -0.39 is 5.60 Å². The summed E-state index contributed by atoms with van der Waals surface area (Å²) < 4.78 is 6.10. The maximum atomic E-state index is 13.1. The van der Waals surface area contributed by atoms with Gasteiger partial charge in [-0.05, 0) is 41.3 Å². The van der Waals surface area contributed by atoms with Crippen molar-refractivity contribution in [1.82, 2.24) is 15.2 Å². The fraction of sp³-hybridized carbons (Fsp3) is 0.296. The molecule has 0 unspecified atom stereocenters. The third-order valence-electron chi connectivity index (χ3n) is 6.05. The van der Waals surface area contributed by atoms with Gasteiger partial charge in [0.05, 0.1) is 19.6 Å². The Morgan fingerprint density at radius 2 is 1.79 bits per heavy atom. The van der Waals surface area contributed by atoms with E-state index in [9.17, 15) is 9.59 Å². The summed E-state index contributed by atoms with van der Waals surface area (Å²) in [7, 11) is 1.61. The van der Waals surface area contributed by atoms with Crippen LogP contribution in [0.4, 0.5) is 0 Å². The van der Waals surface area contributed by atoms with Gasteiger partial charge in [0.15, 0.2) is 5.60 Å². The zero-order chi connectivity index (χ0) is 23.3. The zero-order valence-electron chi connectivity index (χ0n) is 19.1. The second-order valence-electron chi connectivity index (χ2n) is 8.52. The molecule has 2 amide bonds. The number of pyridine rings is 1. The van der Waals surface area contributed by atoms with Crippen LogP contribution in [0.25, 0.3) is 11.1 Å². The number of likely N-dealkylation sites (N-methyl/N-ethyl adjacent to an activating group) is 1. The Morgan fingerprint density at radius 1 is 1.03 bits per heavy atom. The van der Waals surface area contributed by atoms with Gasteiger partial charge in [0, 0.05) is 32.4 Å². The first-order valence-electron chi connectivity index (χ1n) is 11.2. The van der Waals surface area contributed by atoms with Crippen molar-refractivity contribution in [2.45, 2.75) is 25.4 Å². The maximum Gasteiger partial charge on any atom is 0.254 e. The second kappa shape index (κ2) is 9.96. The predicted octanol–water partition coefficient (Wildman–Crippen LogP) is 3.19. The van der Waals surface area contributed by atoms with Crippen LogP contribution in [0.1, 0.15) is 16.7 Å². The molecule has 1 aliphatic heterocycles. The van der Waals surface area contributed by atoms with E-state index in [0.717, 1.165) is 27.8 Å². The third kappa shape index (κ3) is 5.29. The number of ether oxygens (including phenoxy) is 1. The van der Waals surface area contributed by atoms with Crippen molar-refractivity contribution in [3.63, 3.8) is 0 Å². The van der Waals surface area contributed by atoms with Gasteiger partial charge in [0.1, 0.15) is 0 Å². The summed E-state index contributed by atoms with van der Waals surface area (Å²) in [5.41, 5.74) is 4.04. The molecule has 33 heavy (non-hydrogen) atoms. The average molecular weight is 444 g/mol. The number of morpholine rings is 1. The van der Waals surface area contributed by atoms with E-state index in [4.69, 9.17) is 4.74 Å². The first kappa shape index (κ1) is 22.7. The molecule has 2 aromatic carbocycles. The molecule has 1 aromatic heterocycles. The molecule has 1 atom stereocenters. The van der Waals surface area contributed by atoms with Crippen molar-refractivity contribution in [1.29, 1.82) is 0 Å². The summed E-state index contributed by atoms with van der Waals surface area (Å²) in [6, 6.07) is 19.9. The monoisotopic (exact) mass is 443 g/mol. The van der Waals surface area contributed by atoms with Crippen molar-refractivity contribution in [2.75, 3.05) is 26.7 Å². The van der Waals surface area contributed by atoms with Gasteiger partial charge in [0.25, 0.3) is 5.91 Å². The summed E-state index contributed by atoms with van der Waals surface area (Å²) in [5.74, 6) is -0.215. The Bertz CT molecular complexity index is 1130. The molecule has 3 aromatic rings. The summed E-state index contributed by atoms with van der Waals surface area (Å²) >= 11 is 0. The second-order valence-corrected chi connectivity index (χ2v) is 8.52. The molecule has 1 fully saturated rings. The summed E-state index contributed by atoms with van der Waals surface area (Å²) in [6.07, 6.45) is 4.20. The van der Waals surface area contributed by atoms with Crippen molar-refractivity contribution in [2.24, 2.45) is 0 Å². The van der Waals surface area contributed by atoms with Crippen LogP contribution in [0.15, 0.2) is 73.1 Å². The molecule has 0 saturated carbocycles. The molecule has 1 saturated heterocycles. The Kier molecular flexibility index (Phi) is 6.84. The topological polar surface area (TPSA) is 71.5 Å². The minimum Gasteiger partial charge on any atom is -0.361 e. The number of aromatic nitrogens is 1. The van der Waals surface area contributed by atoms with Crippen LogP contribution < -0.4 is 5.32 Å². The standard InChI is InChI=1S/C27H29N3O3/c1-20-5-3-6-21(15-20)17-25(31)30-13-14-33-27(19-30,26(32)28-2)18-22-7-4-8-24(16-22)23-9-11-29-12-10-23/h3-12,15-16H,13-14,17-19H2,1-2H3,(H,28,32)/t27-/m1/s1. The smallest absolute Gasteiger partial charge is 0.254 e. The van der Waals surface area contributed by atoms with E-state index in [2.05, 4.69) is 16.4 Å². The number of aryl methyl sites for hydroxylation is 1. The molecule has 6 nitrogen and oxygen atoms in total. The number of carbonyl (C=O) groups excluding carboxylic acids is 2. The van der Waals surface area contributed by atoms with Crippen LogP contribution in [-0.2, 0) is 27.2 Å². The minimum absolute atomic E-state index is 0.00251. The molecule has 6 heteroatoms. The zero-order valence-corrected chi connectivity index (χ0v) is 19.1. The van der Waals surface area contributed by atoms with Gasteiger partial charge in [-0.25, -0.2) is 0 Å². The number of amides is 2. The molecular weight excluding hydrogens is 414 g/mol. The molecule has 0 radical (unpaired) electrons. The number of hydrogen-bond acceptors (Lipinski definition) is 4. The fourth-order valence-electron chi connectivity index (χ4n) is 4.39. The highest BCUT2D eigenvalue weighted by Crippen LogP contribution is 2.27. The van der Waals surface area contributed by atoms with Gasteiger partial charge in [0.2, 0.25) is 5.91 Å². The molecule has 0 aliphatic carbocycles. The Labute approximate surface area is 194 Å². The van der Waals surface area contributed by atoms with Crippen molar-refractivity contribution >= 4 is 11.8 Å². The molecule has 2 heterocycles. The van der Waals surface area contributed by atoms with Crippen LogP contribution in [-0.4, -0.2) is 54.0 Å².